The maximum Gasteiger partial charge on any atom is 0.143 e. The van der Waals surface area contributed by atoms with Crippen LogP contribution in [0.3, 0.4) is 0 Å². The van der Waals surface area contributed by atoms with Gasteiger partial charge in [-0.05, 0) is 101 Å². The third kappa shape index (κ3) is 5.98. The summed E-state index contributed by atoms with van der Waals surface area (Å²) in [5.41, 5.74) is 17.8. The van der Waals surface area contributed by atoms with Gasteiger partial charge in [-0.3, -0.25) is 0 Å². The summed E-state index contributed by atoms with van der Waals surface area (Å²) in [6.07, 6.45) is 0. The molecule has 5 heterocycles. The lowest BCUT2D eigenvalue weighted by molar-refractivity contribution is 0.669. The Bertz CT molecular complexity index is 4590. The molecule has 0 saturated heterocycles. The molecule has 0 aliphatic rings. The molecule has 5 aromatic heterocycles. The van der Waals surface area contributed by atoms with Crippen LogP contribution >= 0.6 is 11.3 Å². The molecule has 5 heteroatoms. The van der Waals surface area contributed by atoms with Crippen LogP contribution in [0.25, 0.3) is 147 Å². The average Bonchev–Trinajstić information content (AvgIpc) is 4.20. The molecule has 0 spiro atoms. The Morgan fingerprint density at radius 3 is 1.84 bits per heavy atom. The highest BCUT2D eigenvalue weighted by Gasteiger charge is 2.21. The van der Waals surface area contributed by atoms with Crippen molar-refractivity contribution in [2.45, 2.75) is 0 Å². The van der Waals surface area contributed by atoms with E-state index in [1.54, 1.807) is 0 Å². The summed E-state index contributed by atoms with van der Waals surface area (Å²) in [4.78, 5) is 5.30. The quantitative estimate of drug-likeness (QED) is 0.167. The fourth-order valence-corrected chi connectivity index (χ4v) is 12.2. The Hall–Kier alpha value is -9.03. The third-order valence-electron chi connectivity index (χ3n) is 14.2. The van der Waals surface area contributed by atoms with Gasteiger partial charge in [-0.2, -0.15) is 0 Å². The number of fused-ring (bicyclic) bond motifs is 12. The van der Waals surface area contributed by atoms with E-state index in [-0.39, 0.29) is 0 Å². The molecule has 0 bridgehead atoms. The largest absolute Gasteiger partial charge is 0.456 e. The second-order valence-electron chi connectivity index (χ2n) is 18.2. The van der Waals surface area contributed by atoms with Gasteiger partial charge < -0.3 is 13.4 Å². The highest BCUT2D eigenvalue weighted by atomic mass is 32.1. The Kier molecular flexibility index (Phi) is 8.49. The second-order valence-corrected chi connectivity index (χ2v) is 19.2. The molecule has 0 N–H and O–H groups in total. The smallest absolute Gasteiger partial charge is 0.143 e. The number of benzene rings is 10. The first kappa shape index (κ1) is 39.0. The van der Waals surface area contributed by atoms with Crippen LogP contribution in [0.4, 0.5) is 0 Å². The number of hydrogen-bond donors (Lipinski definition) is 0. The summed E-state index contributed by atoms with van der Waals surface area (Å²) in [5.74, 6) is 0. The lowest BCUT2D eigenvalue weighted by Crippen LogP contribution is -1.92. The number of hydrogen-bond acceptors (Lipinski definition) is 4. The highest BCUT2D eigenvalue weighted by molar-refractivity contribution is 7.26. The monoisotopic (exact) mass is 910 g/mol. The number of furan rings is 2. The number of para-hydroxylation sites is 4. The van der Waals surface area contributed by atoms with Crippen LogP contribution in [-0.4, -0.2) is 9.55 Å². The van der Waals surface area contributed by atoms with Gasteiger partial charge in [-0.15, -0.1) is 11.3 Å². The van der Waals surface area contributed by atoms with Crippen molar-refractivity contribution in [3.8, 4) is 61.6 Å². The Morgan fingerprint density at radius 2 is 0.971 bits per heavy atom. The van der Waals surface area contributed by atoms with Crippen LogP contribution in [0.1, 0.15) is 0 Å². The minimum absolute atomic E-state index is 0.854. The number of aromatic nitrogens is 2. The molecule has 0 atom stereocenters. The van der Waals surface area contributed by atoms with Crippen molar-refractivity contribution in [2.75, 3.05) is 0 Å². The maximum atomic E-state index is 6.87. The number of nitrogens with zero attached hydrogens (tertiary/aromatic N) is 2. The molecule has 0 saturated carbocycles. The maximum absolute atomic E-state index is 6.87. The number of rotatable bonds is 6. The van der Waals surface area contributed by atoms with Crippen LogP contribution in [0.2, 0.25) is 0 Å². The van der Waals surface area contributed by atoms with Crippen LogP contribution in [-0.2, 0) is 0 Å². The van der Waals surface area contributed by atoms with Crippen LogP contribution in [0.15, 0.2) is 239 Å². The van der Waals surface area contributed by atoms with Crippen LogP contribution in [0, 0.1) is 0 Å². The van der Waals surface area contributed by atoms with Gasteiger partial charge in [0.2, 0.25) is 0 Å². The molecule has 0 aliphatic carbocycles. The summed E-state index contributed by atoms with van der Waals surface area (Å²) in [7, 11) is 0. The van der Waals surface area contributed by atoms with Crippen molar-refractivity contribution in [3.63, 3.8) is 0 Å². The van der Waals surface area contributed by atoms with Crippen molar-refractivity contribution in [1.82, 2.24) is 9.55 Å². The Labute approximate surface area is 405 Å². The van der Waals surface area contributed by atoms with Crippen molar-refractivity contribution in [3.05, 3.63) is 231 Å². The van der Waals surface area contributed by atoms with Gasteiger partial charge in [0, 0.05) is 80.4 Å². The van der Waals surface area contributed by atoms with E-state index in [0.717, 1.165) is 94.3 Å². The molecule has 4 nitrogen and oxygen atoms in total. The van der Waals surface area contributed by atoms with Crippen LogP contribution < -0.4 is 0 Å². The predicted octanol–water partition coefficient (Wildman–Crippen LogP) is 18.7. The van der Waals surface area contributed by atoms with Crippen molar-refractivity contribution < 1.29 is 8.83 Å². The minimum Gasteiger partial charge on any atom is -0.456 e. The number of pyridine rings is 1. The van der Waals surface area contributed by atoms with E-state index >= 15 is 0 Å². The van der Waals surface area contributed by atoms with E-state index in [0.29, 0.717) is 0 Å². The zero-order chi connectivity index (χ0) is 45.9. The van der Waals surface area contributed by atoms with E-state index < -0.39 is 0 Å². The normalized spacial score (nSPS) is 12.0. The molecular weight excluding hydrogens is 873 g/mol. The molecular formula is C65H38N2O2S. The highest BCUT2D eigenvalue weighted by Crippen LogP contribution is 2.47. The Morgan fingerprint density at radius 1 is 0.343 bits per heavy atom. The molecule has 15 rings (SSSR count). The van der Waals surface area contributed by atoms with E-state index in [2.05, 4.69) is 223 Å². The van der Waals surface area contributed by atoms with E-state index in [4.69, 9.17) is 13.8 Å². The molecule has 0 radical (unpaired) electrons. The van der Waals surface area contributed by atoms with Gasteiger partial charge in [0.05, 0.1) is 22.4 Å². The topological polar surface area (TPSA) is 44.1 Å². The molecule has 10 aromatic carbocycles. The fraction of sp³-hybridized carbons (Fsp3) is 0. The lowest BCUT2D eigenvalue weighted by Gasteiger charge is -2.12. The van der Waals surface area contributed by atoms with Crippen molar-refractivity contribution >= 4 is 97.2 Å². The third-order valence-corrected chi connectivity index (χ3v) is 15.4. The lowest BCUT2D eigenvalue weighted by atomic mass is 9.95. The van der Waals surface area contributed by atoms with E-state index in [9.17, 15) is 0 Å². The average molecular weight is 911 g/mol. The molecule has 0 aliphatic heterocycles. The van der Waals surface area contributed by atoms with Gasteiger partial charge in [-0.1, -0.05) is 152 Å². The minimum atomic E-state index is 0.854. The first-order valence-corrected chi connectivity index (χ1v) is 24.5. The van der Waals surface area contributed by atoms with E-state index in [1.807, 2.05) is 23.5 Å². The van der Waals surface area contributed by atoms with E-state index in [1.165, 1.54) is 53.1 Å². The summed E-state index contributed by atoms with van der Waals surface area (Å²) in [6.45, 7) is 0. The van der Waals surface area contributed by atoms with Gasteiger partial charge in [0.15, 0.2) is 0 Å². The summed E-state index contributed by atoms with van der Waals surface area (Å²) >= 11 is 1.84. The zero-order valence-electron chi connectivity index (χ0n) is 37.6. The van der Waals surface area contributed by atoms with Gasteiger partial charge >= 0.3 is 0 Å². The van der Waals surface area contributed by atoms with Gasteiger partial charge in [0.1, 0.15) is 22.3 Å². The van der Waals surface area contributed by atoms with Gasteiger partial charge in [0.25, 0.3) is 0 Å². The second kappa shape index (κ2) is 15.2. The predicted molar refractivity (Wildman–Crippen MR) is 293 cm³/mol. The molecule has 326 valence electrons. The molecule has 0 unspecified atom stereocenters. The molecule has 70 heavy (non-hydrogen) atoms. The first-order valence-electron chi connectivity index (χ1n) is 23.7. The van der Waals surface area contributed by atoms with Gasteiger partial charge in [-0.25, -0.2) is 4.98 Å². The van der Waals surface area contributed by atoms with Crippen LogP contribution in [0.5, 0.6) is 0 Å². The standard InChI is InChI=1S/C65H38N2O2S/c1-3-14-39(15-4-1)55-36-43(37-56(66-55)42-28-31-48-47-19-8-10-26-59(47)68-61(48)38-42)45-20-13-27-62-63(45)52-24-12-23-51(65(52)70-62)49-21-11-22-50-54-35-41(30-33-60(54)69-64(49)50)40-29-32-58-53(34-40)46-18-7-9-25-57(46)67(58)44-16-5-2-6-17-44/h1-38H. The molecule has 0 fully saturated rings. The number of thiophene rings is 1. The fourth-order valence-electron chi connectivity index (χ4n) is 11.0. The SMILES string of the molecule is c1ccc(-c2cc(-c3cccc4sc5c(-c6cccc7c6oc6ccc(-c8ccc9c(c8)c8ccccc8n9-c8ccccc8)cc67)cccc5c34)cc(-c3ccc4c(c3)oc3ccccc34)n2)cc1. The van der Waals surface area contributed by atoms with Crippen molar-refractivity contribution in [1.29, 1.82) is 0 Å². The summed E-state index contributed by atoms with van der Waals surface area (Å²) in [5, 5.41) is 9.36. The molecule has 15 aromatic rings. The zero-order valence-corrected chi connectivity index (χ0v) is 38.4. The van der Waals surface area contributed by atoms with Crippen molar-refractivity contribution in [2.24, 2.45) is 0 Å². The first-order chi connectivity index (χ1) is 34.7. The summed E-state index contributed by atoms with van der Waals surface area (Å²) < 4.78 is 18.1. The summed E-state index contributed by atoms with van der Waals surface area (Å²) in [6, 6.07) is 82.5. The molecule has 0 amide bonds. The Balaban J connectivity index is 0.858.